The third-order valence-corrected chi connectivity index (χ3v) is 8.15. The number of benzene rings is 3. The average molecular weight is 462 g/mol. The first-order valence-electron chi connectivity index (χ1n) is 11.7. The first-order chi connectivity index (χ1) is 16.8. The van der Waals surface area contributed by atoms with Crippen molar-refractivity contribution in [2.75, 3.05) is 12.4 Å². The highest BCUT2D eigenvalue weighted by Gasteiger charge is 2.42. The van der Waals surface area contributed by atoms with Crippen LogP contribution in [0.1, 0.15) is 22.6 Å². The number of ether oxygens (including phenoxy) is 1. The van der Waals surface area contributed by atoms with E-state index in [0.717, 1.165) is 39.1 Å². The van der Waals surface area contributed by atoms with Crippen molar-refractivity contribution in [2.24, 2.45) is 5.92 Å². The molecule has 2 atom stereocenters. The maximum Gasteiger partial charge on any atom is 0.221 e. The van der Waals surface area contributed by atoms with E-state index >= 15 is 0 Å². The van der Waals surface area contributed by atoms with Gasteiger partial charge in [-0.3, -0.25) is 0 Å². The van der Waals surface area contributed by atoms with Crippen molar-refractivity contribution in [1.29, 1.82) is 0 Å². The first kappa shape index (κ1) is 19.9. The summed E-state index contributed by atoms with van der Waals surface area (Å²) in [6.07, 6.45) is 0. The van der Waals surface area contributed by atoms with Gasteiger partial charge in [0.25, 0.3) is 0 Å². The summed E-state index contributed by atoms with van der Waals surface area (Å²) in [6.45, 7) is 2.82. The van der Waals surface area contributed by atoms with Gasteiger partial charge < -0.3 is 4.74 Å². The molecule has 0 fully saturated rings. The lowest BCUT2D eigenvalue weighted by atomic mass is 9.79. The molecular weight excluding hydrogens is 438 g/mol. The van der Waals surface area contributed by atoms with Gasteiger partial charge in [-0.2, -0.15) is 5.10 Å². The minimum atomic E-state index is 0.199. The van der Waals surface area contributed by atoms with Crippen LogP contribution in [-0.2, 0) is 0 Å². The second-order valence-corrected chi connectivity index (χ2v) is 10.1. The summed E-state index contributed by atoms with van der Waals surface area (Å²) in [6, 6.07) is 29.6. The lowest BCUT2D eigenvalue weighted by Gasteiger charge is -2.36. The minimum absolute atomic E-state index is 0.199. The molecule has 0 aliphatic carbocycles. The summed E-state index contributed by atoms with van der Waals surface area (Å²) < 4.78 is 8.45. The van der Waals surface area contributed by atoms with Crippen LogP contribution in [0.15, 0.2) is 90.0 Å². The van der Waals surface area contributed by atoms with Crippen LogP contribution in [0, 0.1) is 12.8 Å². The summed E-state index contributed by atoms with van der Waals surface area (Å²) in [4.78, 5) is 5.14. The zero-order valence-electron chi connectivity index (χ0n) is 18.8. The zero-order chi connectivity index (χ0) is 22.6. The van der Waals surface area contributed by atoms with Crippen molar-refractivity contribution >= 4 is 22.7 Å². The molecule has 5 aromatic rings. The molecule has 2 aromatic heterocycles. The molecule has 4 nitrogen and oxygen atoms in total. The average Bonchev–Trinajstić information content (AvgIpc) is 3.29. The van der Waals surface area contributed by atoms with Gasteiger partial charge in [-0.25, -0.2) is 9.67 Å². The van der Waals surface area contributed by atoms with Crippen molar-refractivity contribution < 1.29 is 4.74 Å². The monoisotopic (exact) mass is 461 g/mol. The Morgan fingerprint density at radius 2 is 1.74 bits per heavy atom. The van der Waals surface area contributed by atoms with Crippen LogP contribution in [0.25, 0.3) is 27.8 Å². The van der Waals surface area contributed by atoms with Gasteiger partial charge in [-0.1, -0.05) is 66.7 Å². The van der Waals surface area contributed by atoms with Crippen molar-refractivity contribution in [3.05, 3.63) is 102 Å². The van der Waals surface area contributed by atoms with E-state index in [2.05, 4.69) is 67.6 Å². The Hall–Kier alpha value is -3.57. The summed E-state index contributed by atoms with van der Waals surface area (Å²) in [5, 5.41) is 7.48. The Labute approximate surface area is 202 Å². The largest absolute Gasteiger partial charge is 0.477 e. The quantitative estimate of drug-likeness (QED) is 0.295. The van der Waals surface area contributed by atoms with Crippen LogP contribution in [-0.4, -0.2) is 27.1 Å². The molecule has 0 radical (unpaired) electrons. The smallest absolute Gasteiger partial charge is 0.221 e. The molecule has 3 aromatic carbocycles. The minimum Gasteiger partial charge on any atom is -0.477 e. The molecule has 2 aliphatic heterocycles. The number of hydrogen-bond acceptors (Lipinski definition) is 4. The van der Waals surface area contributed by atoms with Gasteiger partial charge in [0.1, 0.15) is 10.7 Å². The number of aryl methyl sites for hydroxylation is 1. The fourth-order valence-electron chi connectivity index (χ4n) is 5.33. The molecule has 0 N–H and O–H groups in total. The Morgan fingerprint density at radius 1 is 0.941 bits per heavy atom. The molecule has 2 aliphatic rings. The van der Waals surface area contributed by atoms with E-state index in [-0.39, 0.29) is 5.92 Å². The van der Waals surface area contributed by atoms with Crippen molar-refractivity contribution in [3.63, 3.8) is 0 Å². The predicted molar refractivity (Wildman–Crippen MR) is 137 cm³/mol. The predicted octanol–water partition coefficient (Wildman–Crippen LogP) is 6.64. The molecule has 4 heterocycles. The maximum atomic E-state index is 6.47. The summed E-state index contributed by atoms with van der Waals surface area (Å²) >= 11 is 1.86. The Bertz CT molecular complexity index is 1530. The van der Waals surface area contributed by atoms with Crippen molar-refractivity contribution in [2.45, 2.75) is 17.9 Å². The number of hydrogen-bond donors (Lipinski definition) is 0. The number of fused-ring (bicyclic) bond motifs is 6. The molecule has 166 valence electrons. The van der Waals surface area contributed by atoms with E-state index in [9.17, 15) is 0 Å². The van der Waals surface area contributed by atoms with Gasteiger partial charge in [0.05, 0.1) is 23.4 Å². The van der Waals surface area contributed by atoms with E-state index in [1.54, 1.807) is 0 Å². The lowest BCUT2D eigenvalue weighted by molar-refractivity contribution is 0.205. The first-order valence-corrected chi connectivity index (χ1v) is 12.7. The fraction of sp³-hybridized carbons (Fsp3) is 0.172. The van der Waals surface area contributed by atoms with Gasteiger partial charge in [0.2, 0.25) is 5.88 Å². The van der Waals surface area contributed by atoms with Crippen LogP contribution >= 0.6 is 11.8 Å². The highest BCUT2D eigenvalue weighted by Crippen LogP contribution is 2.52. The topological polar surface area (TPSA) is 39.9 Å². The molecule has 0 amide bonds. The molecule has 0 unspecified atom stereocenters. The van der Waals surface area contributed by atoms with Gasteiger partial charge in [0.15, 0.2) is 0 Å². The number of nitrogens with zero attached hydrogens (tertiary/aromatic N) is 3. The Morgan fingerprint density at radius 3 is 2.56 bits per heavy atom. The highest BCUT2D eigenvalue weighted by molar-refractivity contribution is 7.99. The summed E-state index contributed by atoms with van der Waals surface area (Å²) in [5.74, 6) is 2.43. The molecule has 34 heavy (non-hydrogen) atoms. The van der Waals surface area contributed by atoms with Crippen LogP contribution in [0.2, 0.25) is 0 Å². The molecule has 0 saturated heterocycles. The lowest BCUT2D eigenvalue weighted by Crippen LogP contribution is -2.32. The third kappa shape index (κ3) is 3.00. The van der Waals surface area contributed by atoms with E-state index in [1.165, 1.54) is 22.1 Å². The zero-order valence-corrected chi connectivity index (χ0v) is 19.6. The second-order valence-electron chi connectivity index (χ2n) is 9.07. The number of aromatic nitrogens is 3. The Balaban J connectivity index is 1.50. The van der Waals surface area contributed by atoms with Crippen LogP contribution < -0.4 is 4.74 Å². The summed E-state index contributed by atoms with van der Waals surface area (Å²) in [5.41, 5.74) is 7.92. The summed E-state index contributed by atoms with van der Waals surface area (Å²) in [7, 11) is 0. The number of pyridine rings is 1. The van der Waals surface area contributed by atoms with Crippen LogP contribution in [0.3, 0.4) is 0 Å². The van der Waals surface area contributed by atoms with E-state index < -0.39 is 0 Å². The molecule has 0 bridgehead atoms. The van der Waals surface area contributed by atoms with Gasteiger partial charge in [0, 0.05) is 28.5 Å². The highest BCUT2D eigenvalue weighted by atomic mass is 32.2. The molecule has 5 heteroatoms. The second kappa shape index (κ2) is 7.74. The molecule has 0 saturated carbocycles. The number of rotatable bonds is 2. The van der Waals surface area contributed by atoms with Gasteiger partial charge >= 0.3 is 0 Å². The van der Waals surface area contributed by atoms with Crippen LogP contribution in [0.4, 0.5) is 0 Å². The third-order valence-electron chi connectivity index (χ3n) is 6.95. The van der Waals surface area contributed by atoms with Crippen molar-refractivity contribution in [3.8, 4) is 22.8 Å². The van der Waals surface area contributed by atoms with E-state index in [4.69, 9.17) is 14.8 Å². The fourth-order valence-corrected chi connectivity index (χ4v) is 6.50. The van der Waals surface area contributed by atoms with E-state index in [1.807, 2.05) is 40.7 Å². The maximum absolute atomic E-state index is 6.47. The molecule has 7 rings (SSSR count). The SMILES string of the molecule is Cc1cccc2cc3c(nc12)SC[C@H]1COc2c(c(-c4ccccc4)nn2-c2ccccc2)[C@@H]31. The number of thioether (sulfide) groups is 1. The molecular formula is C29H23N3OS. The molecule has 0 spiro atoms. The standard InChI is InChI=1S/C29H23N3OS/c1-18-9-8-12-20-15-23-24-21(17-34-28(23)30-26(18)20)16-33-29-25(24)27(19-10-4-2-5-11-19)31-32(29)22-13-6-3-7-14-22/h2-15,21,24H,16-17H2,1H3/t21-,24-/m1/s1. The number of para-hydroxylation sites is 2. The van der Waals surface area contributed by atoms with Crippen LogP contribution in [0.5, 0.6) is 5.88 Å². The van der Waals surface area contributed by atoms with Crippen molar-refractivity contribution in [1.82, 2.24) is 14.8 Å². The van der Waals surface area contributed by atoms with E-state index in [0.29, 0.717) is 12.5 Å². The van der Waals surface area contributed by atoms with Gasteiger partial charge in [-0.15, -0.1) is 11.8 Å². The normalized spacial score (nSPS) is 18.6. The van der Waals surface area contributed by atoms with Gasteiger partial charge in [-0.05, 0) is 36.2 Å². The Kier molecular flexibility index (Phi) is 4.52.